The number of ether oxygens (including phenoxy) is 2. The van der Waals surface area contributed by atoms with E-state index in [-0.39, 0.29) is 11.8 Å². The lowest BCUT2D eigenvalue weighted by Crippen LogP contribution is -2.36. The number of hydrogen-bond donors (Lipinski definition) is 1. The molecule has 2 aromatic carbocycles. The van der Waals surface area contributed by atoms with E-state index >= 15 is 0 Å². The number of methoxy groups -OCH3 is 1. The van der Waals surface area contributed by atoms with Gasteiger partial charge in [-0.1, -0.05) is 23.7 Å². The third-order valence-electron chi connectivity index (χ3n) is 4.70. The fourth-order valence-electron chi connectivity index (χ4n) is 3.25. The summed E-state index contributed by atoms with van der Waals surface area (Å²) in [5, 5.41) is 3.75. The largest absolute Gasteiger partial charge is 0.495 e. The van der Waals surface area contributed by atoms with Crippen molar-refractivity contribution in [1.29, 1.82) is 0 Å². The minimum Gasteiger partial charge on any atom is -0.495 e. The molecule has 27 heavy (non-hydrogen) atoms. The SMILES string of the molecule is CCOc1ccc(CN(C(=O)C2CCNC2)c2ccc(OC)c(Cl)c2)cc1. The Bertz CT molecular complexity index is 773. The fraction of sp³-hybridized carbons (Fsp3) is 0.381. The summed E-state index contributed by atoms with van der Waals surface area (Å²) in [6, 6.07) is 13.3. The van der Waals surface area contributed by atoms with Gasteiger partial charge >= 0.3 is 0 Å². The first-order valence-corrected chi connectivity index (χ1v) is 9.57. The number of nitrogens with one attached hydrogen (secondary N) is 1. The Morgan fingerprint density at radius 1 is 1.26 bits per heavy atom. The summed E-state index contributed by atoms with van der Waals surface area (Å²) >= 11 is 6.30. The van der Waals surface area contributed by atoms with E-state index in [9.17, 15) is 4.79 Å². The van der Waals surface area contributed by atoms with E-state index in [1.807, 2.05) is 37.3 Å². The molecule has 1 aliphatic rings. The normalized spacial score (nSPS) is 16.2. The molecule has 0 saturated carbocycles. The predicted molar refractivity (Wildman–Crippen MR) is 108 cm³/mol. The first kappa shape index (κ1) is 19.5. The molecule has 1 amide bonds. The molecule has 0 spiro atoms. The highest BCUT2D eigenvalue weighted by Crippen LogP contribution is 2.31. The van der Waals surface area contributed by atoms with Crippen LogP contribution in [0.2, 0.25) is 5.02 Å². The van der Waals surface area contributed by atoms with Crippen LogP contribution >= 0.6 is 11.6 Å². The first-order valence-electron chi connectivity index (χ1n) is 9.19. The van der Waals surface area contributed by atoms with Crippen molar-refractivity contribution in [3.05, 3.63) is 53.1 Å². The van der Waals surface area contributed by atoms with Crippen molar-refractivity contribution in [2.45, 2.75) is 19.9 Å². The molecule has 0 bridgehead atoms. The standard InChI is InChI=1S/C21H25ClN2O3/c1-3-27-18-7-4-15(5-8-18)14-24(21(25)16-10-11-23-13-16)17-6-9-20(26-2)19(22)12-17/h4-9,12,16,23H,3,10-11,13-14H2,1-2H3. The Labute approximate surface area is 165 Å². The minimum atomic E-state index is -0.0198. The van der Waals surface area contributed by atoms with Crippen molar-refractivity contribution in [1.82, 2.24) is 5.32 Å². The van der Waals surface area contributed by atoms with Gasteiger partial charge in [-0.3, -0.25) is 4.79 Å². The molecule has 5 nitrogen and oxygen atoms in total. The predicted octanol–water partition coefficient (Wildman–Crippen LogP) is 3.89. The molecule has 1 unspecified atom stereocenters. The maximum atomic E-state index is 13.2. The van der Waals surface area contributed by atoms with Crippen molar-refractivity contribution in [2.75, 3.05) is 31.7 Å². The molecule has 2 aromatic rings. The number of carbonyl (C=O) groups excluding carboxylic acids is 1. The Balaban J connectivity index is 1.87. The quantitative estimate of drug-likeness (QED) is 0.781. The molecule has 144 valence electrons. The topological polar surface area (TPSA) is 50.8 Å². The van der Waals surface area contributed by atoms with Crippen molar-refractivity contribution < 1.29 is 14.3 Å². The summed E-state index contributed by atoms with van der Waals surface area (Å²) in [6.07, 6.45) is 0.850. The highest BCUT2D eigenvalue weighted by atomic mass is 35.5. The van der Waals surface area contributed by atoms with E-state index < -0.39 is 0 Å². The summed E-state index contributed by atoms with van der Waals surface area (Å²) in [6.45, 7) is 4.64. The number of carbonyl (C=O) groups is 1. The zero-order valence-corrected chi connectivity index (χ0v) is 16.5. The summed E-state index contributed by atoms with van der Waals surface area (Å²) in [5.41, 5.74) is 1.80. The van der Waals surface area contributed by atoms with E-state index in [1.54, 1.807) is 24.1 Å². The molecular formula is C21H25ClN2O3. The molecule has 1 atom stereocenters. The average molecular weight is 389 g/mol. The minimum absolute atomic E-state index is 0.0198. The number of amides is 1. The zero-order chi connectivity index (χ0) is 19.2. The average Bonchev–Trinajstić information content (AvgIpc) is 3.22. The van der Waals surface area contributed by atoms with Crippen LogP contribution in [0.5, 0.6) is 11.5 Å². The highest BCUT2D eigenvalue weighted by molar-refractivity contribution is 6.32. The number of rotatable bonds is 7. The molecule has 1 fully saturated rings. The van der Waals surface area contributed by atoms with Crippen LogP contribution in [0.4, 0.5) is 5.69 Å². The van der Waals surface area contributed by atoms with E-state index in [1.165, 1.54) is 0 Å². The van der Waals surface area contributed by atoms with E-state index in [4.69, 9.17) is 21.1 Å². The van der Waals surface area contributed by atoms with Gasteiger partial charge in [0.15, 0.2) is 0 Å². The summed E-state index contributed by atoms with van der Waals surface area (Å²) < 4.78 is 10.7. The van der Waals surface area contributed by atoms with Gasteiger partial charge in [-0.2, -0.15) is 0 Å². The highest BCUT2D eigenvalue weighted by Gasteiger charge is 2.28. The maximum Gasteiger partial charge on any atom is 0.231 e. The van der Waals surface area contributed by atoms with Crippen LogP contribution in [0.1, 0.15) is 18.9 Å². The monoisotopic (exact) mass is 388 g/mol. The van der Waals surface area contributed by atoms with Crippen LogP contribution in [-0.2, 0) is 11.3 Å². The Morgan fingerprint density at radius 2 is 2.04 bits per heavy atom. The number of hydrogen-bond acceptors (Lipinski definition) is 4. The summed E-state index contributed by atoms with van der Waals surface area (Å²) in [5.74, 6) is 1.51. The fourth-order valence-corrected chi connectivity index (χ4v) is 3.50. The lowest BCUT2D eigenvalue weighted by Gasteiger charge is -2.26. The van der Waals surface area contributed by atoms with Crippen LogP contribution < -0.4 is 19.7 Å². The van der Waals surface area contributed by atoms with Gasteiger partial charge in [0.1, 0.15) is 11.5 Å². The van der Waals surface area contributed by atoms with E-state index in [0.717, 1.165) is 30.0 Å². The van der Waals surface area contributed by atoms with Gasteiger partial charge in [0.2, 0.25) is 5.91 Å². The molecule has 1 N–H and O–H groups in total. The summed E-state index contributed by atoms with van der Waals surface area (Å²) in [7, 11) is 1.58. The number of halogens is 1. The van der Waals surface area contributed by atoms with Crippen LogP contribution in [0.25, 0.3) is 0 Å². The zero-order valence-electron chi connectivity index (χ0n) is 15.7. The molecule has 0 aromatic heterocycles. The van der Waals surface area contributed by atoms with Gasteiger partial charge in [0.05, 0.1) is 31.2 Å². The molecule has 0 aliphatic carbocycles. The Hall–Kier alpha value is -2.24. The maximum absolute atomic E-state index is 13.2. The second kappa shape index (κ2) is 9.11. The molecular weight excluding hydrogens is 364 g/mol. The second-order valence-corrected chi connectivity index (χ2v) is 6.92. The van der Waals surface area contributed by atoms with Crippen molar-refractivity contribution in [3.8, 4) is 11.5 Å². The van der Waals surface area contributed by atoms with E-state index in [2.05, 4.69) is 5.32 Å². The van der Waals surface area contributed by atoms with E-state index in [0.29, 0.717) is 30.5 Å². The van der Waals surface area contributed by atoms with Gasteiger partial charge in [-0.15, -0.1) is 0 Å². The lowest BCUT2D eigenvalue weighted by molar-refractivity contribution is -0.122. The van der Waals surface area contributed by atoms with Gasteiger partial charge in [0, 0.05) is 12.2 Å². The van der Waals surface area contributed by atoms with Crippen molar-refractivity contribution in [3.63, 3.8) is 0 Å². The smallest absolute Gasteiger partial charge is 0.231 e. The van der Waals surface area contributed by atoms with Crippen LogP contribution in [0.3, 0.4) is 0 Å². The van der Waals surface area contributed by atoms with Crippen molar-refractivity contribution >= 4 is 23.2 Å². The van der Waals surface area contributed by atoms with Crippen LogP contribution in [-0.4, -0.2) is 32.7 Å². The van der Waals surface area contributed by atoms with Gasteiger partial charge in [-0.25, -0.2) is 0 Å². The van der Waals surface area contributed by atoms with Crippen LogP contribution in [0.15, 0.2) is 42.5 Å². The van der Waals surface area contributed by atoms with Crippen LogP contribution in [0, 0.1) is 5.92 Å². The van der Waals surface area contributed by atoms with Crippen molar-refractivity contribution in [2.24, 2.45) is 5.92 Å². The molecule has 6 heteroatoms. The number of anilines is 1. The molecule has 1 heterocycles. The third kappa shape index (κ3) is 4.73. The molecule has 3 rings (SSSR count). The molecule has 1 aliphatic heterocycles. The number of nitrogens with zero attached hydrogens (tertiary/aromatic N) is 1. The summed E-state index contributed by atoms with van der Waals surface area (Å²) in [4.78, 5) is 15.0. The second-order valence-electron chi connectivity index (χ2n) is 6.51. The lowest BCUT2D eigenvalue weighted by atomic mass is 10.1. The van der Waals surface area contributed by atoms with Gasteiger partial charge in [0.25, 0.3) is 0 Å². The molecule has 1 saturated heterocycles. The third-order valence-corrected chi connectivity index (χ3v) is 4.99. The number of benzene rings is 2. The molecule has 0 radical (unpaired) electrons. The van der Waals surface area contributed by atoms with Gasteiger partial charge in [-0.05, 0) is 55.8 Å². The Kier molecular flexibility index (Phi) is 6.58. The Morgan fingerprint density at radius 3 is 2.63 bits per heavy atom. The van der Waals surface area contributed by atoms with Gasteiger partial charge < -0.3 is 19.7 Å². The first-order chi connectivity index (χ1) is 13.1.